The molecule has 1 atom stereocenters. The van der Waals surface area contributed by atoms with Gasteiger partial charge in [-0.05, 0) is 31.9 Å². The molecule has 1 aromatic rings. The summed E-state index contributed by atoms with van der Waals surface area (Å²) in [7, 11) is 0. The van der Waals surface area contributed by atoms with Gasteiger partial charge in [0.15, 0.2) is 0 Å². The summed E-state index contributed by atoms with van der Waals surface area (Å²) < 4.78 is 0. The normalized spacial score (nSPS) is 12.2. The van der Waals surface area contributed by atoms with Crippen molar-refractivity contribution in [1.82, 2.24) is 0 Å². The highest BCUT2D eigenvalue weighted by atomic mass is 16.4. The largest absolute Gasteiger partial charge is 0.480 e. The zero-order valence-corrected chi connectivity index (χ0v) is 9.87. The molecule has 4 heteroatoms. The summed E-state index contributed by atoms with van der Waals surface area (Å²) in [6.07, 6.45) is 0. The lowest BCUT2D eigenvalue weighted by molar-refractivity contribution is -0.138. The van der Waals surface area contributed by atoms with E-state index in [1.165, 1.54) is 5.56 Å². The van der Waals surface area contributed by atoms with Crippen LogP contribution in [0.2, 0.25) is 0 Å². The summed E-state index contributed by atoms with van der Waals surface area (Å²) in [5.74, 6) is -0.991. The van der Waals surface area contributed by atoms with Gasteiger partial charge in [-0.15, -0.1) is 0 Å². The molecule has 88 valence electrons. The fraction of sp³-hybridized carbons (Fsp3) is 0.417. The Morgan fingerprint density at radius 2 is 1.88 bits per heavy atom. The van der Waals surface area contributed by atoms with Crippen LogP contribution in [0.4, 0.5) is 5.69 Å². The maximum absolute atomic E-state index is 10.6. The monoisotopic (exact) mass is 222 g/mol. The minimum atomic E-state index is -0.991. The van der Waals surface area contributed by atoms with Crippen LogP contribution in [-0.2, 0) is 4.79 Å². The van der Waals surface area contributed by atoms with Gasteiger partial charge in [-0.3, -0.25) is 4.79 Å². The highest BCUT2D eigenvalue weighted by Gasteiger charge is 2.12. The predicted molar refractivity (Wildman–Crippen MR) is 64.8 cm³/mol. The van der Waals surface area contributed by atoms with E-state index in [0.29, 0.717) is 0 Å². The van der Waals surface area contributed by atoms with Gasteiger partial charge in [0, 0.05) is 12.2 Å². The van der Waals surface area contributed by atoms with Crippen LogP contribution in [0.25, 0.3) is 0 Å². The van der Waals surface area contributed by atoms with Gasteiger partial charge in [0.2, 0.25) is 0 Å². The Morgan fingerprint density at radius 3 is 2.31 bits per heavy atom. The standard InChI is InChI=1S/C12H18N2O2/c1-7-4-8(2)11(9(3)5-7)14-6-10(13)12(15)16/h4-5,10,14H,6,13H2,1-3H3,(H,15,16). The second kappa shape index (κ2) is 4.99. The Hall–Kier alpha value is -1.55. The Balaban J connectivity index is 2.78. The van der Waals surface area contributed by atoms with Crippen LogP contribution in [0.15, 0.2) is 12.1 Å². The SMILES string of the molecule is Cc1cc(C)c(NCC(N)C(=O)O)c(C)c1. The summed E-state index contributed by atoms with van der Waals surface area (Å²) >= 11 is 0. The molecule has 16 heavy (non-hydrogen) atoms. The highest BCUT2D eigenvalue weighted by Crippen LogP contribution is 2.21. The summed E-state index contributed by atoms with van der Waals surface area (Å²) in [6.45, 7) is 6.26. The van der Waals surface area contributed by atoms with Crippen molar-refractivity contribution in [2.24, 2.45) is 5.73 Å². The van der Waals surface area contributed by atoms with E-state index in [2.05, 4.69) is 17.4 Å². The van der Waals surface area contributed by atoms with Gasteiger partial charge in [-0.25, -0.2) is 0 Å². The molecule has 0 radical (unpaired) electrons. The van der Waals surface area contributed by atoms with Crippen LogP contribution in [0, 0.1) is 20.8 Å². The van der Waals surface area contributed by atoms with Crippen molar-refractivity contribution in [3.63, 3.8) is 0 Å². The molecule has 0 aliphatic rings. The van der Waals surface area contributed by atoms with Gasteiger partial charge in [-0.2, -0.15) is 0 Å². The zero-order valence-electron chi connectivity index (χ0n) is 9.87. The molecule has 1 unspecified atom stereocenters. The number of anilines is 1. The van der Waals surface area contributed by atoms with E-state index >= 15 is 0 Å². The van der Waals surface area contributed by atoms with Crippen molar-refractivity contribution in [2.45, 2.75) is 26.8 Å². The molecule has 0 saturated heterocycles. The van der Waals surface area contributed by atoms with Crippen LogP contribution in [0.3, 0.4) is 0 Å². The van der Waals surface area contributed by atoms with Crippen molar-refractivity contribution in [2.75, 3.05) is 11.9 Å². The quantitative estimate of drug-likeness (QED) is 0.720. The summed E-state index contributed by atoms with van der Waals surface area (Å²) in [4.78, 5) is 10.6. The van der Waals surface area contributed by atoms with Crippen LogP contribution in [0.5, 0.6) is 0 Å². The number of nitrogens with one attached hydrogen (secondary N) is 1. The third kappa shape index (κ3) is 2.97. The minimum absolute atomic E-state index is 0.236. The molecular weight excluding hydrogens is 204 g/mol. The minimum Gasteiger partial charge on any atom is -0.480 e. The summed E-state index contributed by atoms with van der Waals surface area (Å²) in [5.41, 5.74) is 9.82. The first kappa shape index (κ1) is 12.5. The molecule has 0 amide bonds. The topological polar surface area (TPSA) is 75.3 Å². The number of hydrogen-bond acceptors (Lipinski definition) is 3. The Morgan fingerprint density at radius 1 is 1.38 bits per heavy atom. The maximum Gasteiger partial charge on any atom is 0.322 e. The van der Waals surface area contributed by atoms with E-state index in [1.807, 2.05) is 20.8 Å². The Kier molecular flexibility index (Phi) is 3.90. The molecule has 0 heterocycles. The highest BCUT2D eigenvalue weighted by molar-refractivity contribution is 5.74. The molecule has 0 fully saturated rings. The lowest BCUT2D eigenvalue weighted by Crippen LogP contribution is -2.37. The second-order valence-electron chi connectivity index (χ2n) is 4.10. The predicted octanol–water partition coefficient (Wildman–Crippen LogP) is 1.44. The summed E-state index contributed by atoms with van der Waals surface area (Å²) in [6, 6.07) is 3.24. The lowest BCUT2D eigenvalue weighted by Gasteiger charge is -2.15. The molecule has 1 aromatic carbocycles. The average molecular weight is 222 g/mol. The van der Waals surface area contributed by atoms with Crippen molar-refractivity contribution >= 4 is 11.7 Å². The third-order valence-electron chi connectivity index (χ3n) is 2.49. The molecule has 4 N–H and O–H groups in total. The number of carboxylic acids is 1. The number of aryl methyl sites for hydroxylation is 3. The molecule has 0 aromatic heterocycles. The molecule has 0 spiro atoms. The number of carboxylic acid groups (broad SMARTS) is 1. The van der Waals surface area contributed by atoms with Gasteiger partial charge >= 0.3 is 5.97 Å². The van der Waals surface area contributed by atoms with Crippen molar-refractivity contribution in [1.29, 1.82) is 0 Å². The van der Waals surface area contributed by atoms with Crippen molar-refractivity contribution in [3.8, 4) is 0 Å². The van der Waals surface area contributed by atoms with Crippen LogP contribution in [-0.4, -0.2) is 23.7 Å². The van der Waals surface area contributed by atoms with Crippen LogP contribution in [0.1, 0.15) is 16.7 Å². The smallest absolute Gasteiger partial charge is 0.322 e. The molecule has 0 bridgehead atoms. The number of nitrogens with two attached hydrogens (primary N) is 1. The molecule has 0 aliphatic heterocycles. The van der Waals surface area contributed by atoms with E-state index in [4.69, 9.17) is 10.8 Å². The third-order valence-corrected chi connectivity index (χ3v) is 2.49. The molecule has 4 nitrogen and oxygen atoms in total. The second-order valence-corrected chi connectivity index (χ2v) is 4.10. The van der Waals surface area contributed by atoms with Crippen LogP contribution >= 0.6 is 0 Å². The molecule has 1 rings (SSSR count). The van der Waals surface area contributed by atoms with Gasteiger partial charge in [0.05, 0.1) is 0 Å². The van der Waals surface area contributed by atoms with Crippen LogP contribution < -0.4 is 11.1 Å². The zero-order chi connectivity index (χ0) is 12.3. The number of aliphatic carboxylic acids is 1. The fourth-order valence-electron chi connectivity index (χ4n) is 1.76. The molecule has 0 saturated carbocycles. The van der Waals surface area contributed by atoms with Gasteiger partial charge < -0.3 is 16.2 Å². The summed E-state index contributed by atoms with van der Waals surface area (Å²) in [5, 5.41) is 11.8. The molecular formula is C12H18N2O2. The van der Waals surface area contributed by atoms with Crippen molar-refractivity contribution in [3.05, 3.63) is 28.8 Å². The molecule has 0 aliphatic carbocycles. The van der Waals surface area contributed by atoms with E-state index in [9.17, 15) is 4.79 Å². The average Bonchev–Trinajstić information content (AvgIpc) is 2.15. The van der Waals surface area contributed by atoms with Gasteiger partial charge in [0.1, 0.15) is 6.04 Å². The lowest BCUT2D eigenvalue weighted by atomic mass is 10.0. The van der Waals surface area contributed by atoms with Crippen molar-refractivity contribution < 1.29 is 9.90 Å². The number of carbonyl (C=O) groups is 1. The maximum atomic E-state index is 10.6. The van der Waals surface area contributed by atoms with E-state index in [1.54, 1.807) is 0 Å². The Bertz CT molecular complexity index is 379. The Labute approximate surface area is 95.5 Å². The van der Waals surface area contributed by atoms with Gasteiger partial charge in [-0.1, -0.05) is 17.7 Å². The first-order valence-corrected chi connectivity index (χ1v) is 5.22. The number of rotatable bonds is 4. The first-order chi connectivity index (χ1) is 7.41. The number of hydrogen-bond donors (Lipinski definition) is 3. The first-order valence-electron chi connectivity index (χ1n) is 5.22. The fourth-order valence-corrected chi connectivity index (χ4v) is 1.76. The van der Waals surface area contributed by atoms with E-state index in [0.717, 1.165) is 16.8 Å². The van der Waals surface area contributed by atoms with E-state index in [-0.39, 0.29) is 6.54 Å². The van der Waals surface area contributed by atoms with Gasteiger partial charge in [0.25, 0.3) is 0 Å². The van der Waals surface area contributed by atoms with E-state index < -0.39 is 12.0 Å². The number of benzene rings is 1.